The zero-order chi connectivity index (χ0) is 12.9. The highest BCUT2D eigenvalue weighted by molar-refractivity contribution is 5.02. The molecule has 3 heteroatoms. The summed E-state index contributed by atoms with van der Waals surface area (Å²) in [6, 6.07) is 0.571. The summed E-state index contributed by atoms with van der Waals surface area (Å²) in [4.78, 5) is 0. The fourth-order valence-corrected chi connectivity index (χ4v) is 2.34. The van der Waals surface area contributed by atoms with Crippen molar-refractivity contribution in [2.24, 2.45) is 11.3 Å². The molecule has 0 saturated heterocycles. The van der Waals surface area contributed by atoms with Gasteiger partial charge in [-0.2, -0.15) is 0 Å². The molecule has 1 rings (SSSR count). The van der Waals surface area contributed by atoms with Crippen LogP contribution in [0.2, 0.25) is 0 Å². The minimum Gasteiger partial charge on any atom is -0.380 e. The van der Waals surface area contributed by atoms with Crippen molar-refractivity contribution in [3.63, 3.8) is 0 Å². The van der Waals surface area contributed by atoms with Crippen LogP contribution in [-0.2, 0) is 9.47 Å². The lowest BCUT2D eigenvalue weighted by Crippen LogP contribution is -2.61. The van der Waals surface area contributed by atoms with Crippen molar-refractivity contribution in [2.45, 2.75) is 53.2 Å². The van der Waals surface area contributed by atoms with E-state index in [0.717, 1.165) is 32.8 Å². The van der Waals surface area contributed by atoms with Crippen LogP contribution in [0, 0.1) is 11.3 Å². The minimum atomic E-state index is 0.258. The number of ether oxygens (including phenoxy) is 2. The van der Waals surface area contributed by atoms with Crippen molar-refractivity contribution in [3.8, 4) is 0 Å². The van der Waals surface area contributed by atoms with E-state index in [1.807, 2.05) is 0 Å². The molecular weight excluding hydrogens is 214 g/mol. The van der Waals surface area contributed by atoms with E-state index in [9.17, 15) is 0 Å². The fourth-order valence-electron chi connectivity index (χ4n) is 2.34. The van der Waals surface area contributed by atoms with Gasteiger partial charge in [0.15, 0.2) is 0 Å². The van der Waals surface area contributed by atoms with Crippen molar-refractivity contribution >= 4 is 0 Å². The van der Waals surface area contributed by atoms with Gasteiger partial charge in [-0.3, -0.25) is 0 Å². The Morgan fingerprint density at radius 1 is 1.35 bits per heavy atom. The van der Waals surface area contributed by atoms with E-state index in [1.54, 1.807) is 0 Å². The molecule has 2 atom stereocenters. The third-order valence-corrected chi connectivity index (χ3v) is 3.63. The Balaban J connectivity index is 2.09. The van der Waals surface area contributed by atoms with Crippen LogP contribution in [0.3, 0.4) is 0 Å². The van der Waals surface area contributed by atoms with Crippen LogP contribution in [0.1, 0.15) is 41.0 Å². The summed E-state index contributed by atoms with van der Waals surface area (Å²) in [5, 5.41) is 3.57. The lowest BCUT2D eigenvalue weighted by atomic mass is 9.64. The first kappa shape index (κ1) is 14.9. The summed E-state index contributed by atoms with van der Waals surface area (Å²) < 4.78 is 11.3. The first-order chi connectivity index (χ1) is 7.98. The van der Waals surface area contributed by atoms with Gasteiger partial charge in [0.1, 0.15) is 0 Å². The Morgan fingerprint density at radius 2 is 2.06 bits per heavy atom. The van der Waals surface area contributed by atoms with Crippen LogP contribution < -0.4 is 5.32 Å². The van der Waals surface area contributed by atoms with Crippen LogP contribution >= 0.6 is 0 Å². The molecule has 2 unspecified atom stereocenters. The second-order valence-electron chi connectivity index (χ2n) is 5.98. The van der Waals surface area contributed by atoms with E-state index >= 15 is 0 Å². The maximum Gasteiger partial charge on any atom is 0.0655 e. The third-order valence-electron chi connectivity index (χ3n) is 3.63. The Morgan fingerprint density at radius 3 is 2.59 bits per heavy atom. The van der Waals surface area contributed by atoms with Crippen LogP contribution in [0.4, 0.5) is 0 Å². The lowest BCUT2D eigenvalue weighted by molar-refractivity contribution is -0.114. The van der Waals surface area contributed by atoms with Crippen molar-refractivity contribution in [3.05, 3.63) is 0 Å². The summed E-state index contributed by atoms with van der Waals surface area (Å²) in [6.45, 7) is 14.4. The Labute approximate surface area is 106 Å². The molecule has 1 saturated carbocycles. The van der Waals surface area contributed by atoms with E-state index < -0.39 is 0 Å². The molecule has 0 aromatic rings. The Bertz CT molecular complexity index is 216. The van der Waals surface area contributed by atoms with Gasteiger partial charge in [-0.05, 0) is 19.3 Å². The molecule has 0 amide bonds. The van der Waals surface area contributed by atoms with Gasteiger partial charge in [0.25, 0.3) is 0 Å². The molecule has 0 bridgehead atoms. The van der Waals surface area contributed by atoms with Gasteiger partial charge in [-0.15, -0.1) is 0 Å². The lowest BCUT2D eigenvalue weighted by Gasteiger charge is -2.52. The SMILES string of the molecule is CCOC1CC(NCCOCC(C)C)C1(C)C. The molecule has 1 N–H and O–H groups in total. The van der Waals surface area contributed by atoms with Crippen LogP contribution in [-0.4, -0.2) is 38.5 Å². The second-order valence-corrected chi connectivity index (χ2v) is 5.98. The molecule has 1 fully saturated rings. The molecule has 0 spiro atoms. The van der Waals surface area contributed by atoms with E-state index in [4.69, 9.17) is 9.47 Å². The standard InChI is InChI=1S/C14H29NO2/c1-6-17-13-9-12(14(13,4)5)15-7-8-16-10-11(2)3/h11-13,15H,6-10H2,1-5H3. The summed E-state index contributed by atoms with van der Waals surface area (Å²) in [6.07, 6.45) is 1.55. The van der Waals surface area contributed by atoms with E-state index in [0.29, 0.717) is 18.1 Å². The first-order valence-electron chi connectivity index (χ1n) is 6.91. The zero-order valence-corrected chi connectivity index (χ0v) is 12.1. The molecule has 0 aromatic heterocycles. The molecule has 0 aromatic carbocycles. The van der Waals surface area contributed by atoms with E-state index in [1.165, 1.54) is 0 Å². The van der Waals surface area contributed by atoms with Crippen molar-refractivity contribution < 1.29 is 9.47 Å². The van der Waals surface area contributed by atoms with Gasteiger partial charge >= 0.3 is 0 Å². The van der Waals surface area contributed by atoms with Crippen LogP contribution in [0.5, 0.6) is 0 Å². The van der Waals surface area contributed by atoms with Crippen molar-refractivity contribution in [1.82, 2.24) is 5.32 Å². The van der Waals surface area contributed by atoms with Gasteiger partial charge in [0.2, 0.25) is 0 Å². The van der Waals surface area contributed by atoms with E-state index in [-0.39, 0.29) is 5.41 Å². The van der Waals surface area contributed by atoms with Crippen LogP contribution in [0.15, 0.2) is 0 Å². The molecule has 0 heterocycles. The molecular formula is C14H29NO2. The molecule has 1 aliphatic carbocycles. The number of rotatable bonds is 8. The number of hydrogen-bond donors (Lipinski definition) is 1. The monoisotopic (exact) mass is 243 g/mol. The van der Waals surface area contributed by atoms with Gasteiger partial charge in [0, 0.05) is 31.2 Å². The summed E-state index contributed by atoms with van der Waals surface area (Å²) in [5.74, 6) is 0.623. The first-order valence-corrected chi connectivity index (χ1v) is 6.91. The topological polar surface area (TPSA) is 30.5 Å². The van der Waals surface area contributed by atoms with Crippen molar-refractivity contribution in [2.75, 3.05) is 26.4 Å². The fraction of sp³-hybridized carbons (Fsp3) is 1.00. The summed E-state index contributed by atoms with van der Waals surface area (Å²) >= 11 is 0. The molecule has 102 valence electrons. The minimum absolute atomic E-state index is 0.258. The highest BCUT2D eigenvalue weighted by Crippen LogP contribution is 2.42. The molecule has 0 aliphatic heterocycles. The molecule has 1 aliphatic rings. The Kier molecular flexibility index (Phi) is 5.90. The molecule has 3 nitrogen and oxygen atoms in total. The summed E-state index contributed by atoms with van der Waals surface area (Å²) in [5.41, 5.74) is 0.258. The largest absolute Gasteiger partial charge is 0.380 e. The predicted molar refractivity (Wildman–Crippen MR) is 71.3 cm³/mol. The van der Waals surface area contributed by atoms with Gasteiger partial charge in [0.05, 0.1) is 12.7 Å². The molecule has 17 heavy (non-hydrogen) atoms. The highest BCUT2D eigenvalue weighted by Gasteiger charge is 2.48. The van der Waals surface area contributed by atoms with Gasteiger partial charge in [-0.1, -0.05) is 27.7 Å². The van der Waals surface area contributed by atoms with E-state index in [2.05, 4.69) is 39.9 Å². The quantitative estimate of drug-likeness (QED) is 0.664. The maximum absolute atomic E-state index is 5.71. The normalized spacial score (nSPS) is 27.2. The van der Waals surface area contributed by atoms with Gasteiger partial charge in [-0.25, -0.2) is 0 Å². The zero-order valence-electron chi connectivity index (χ0n) is 12.1. The number of nitrogens with one attached hydrogen (secondary N) is 1. The molecule has 0 radical (unpaired) electrons. The summed E-state index contributed by atoms with van der Waals surface area (Å²) in [7, 11) is 0. The smallest absolute Gasteiger partial charge is 0.0655 e. The predicted octanol–water partition coefficient (Wildman–Crippen LogP) is 2.45. The third kappa shape index (κ3) is 4.23. The van der Waals surface area contributed by atoms with Crippen molar-refractivity contribution in [1.29, 1.82) is 0 Å². The van der Waals surface area contributed by atoms with Gasteiger partial charge < -0.3 is 14.8 Å². The average Bonchev–Trinajstić information content (AvgIpc) is 2.25. The number of hydrogen-bond acceptors (Lipinski definition) is 3. The average molecular weight is 243 g/mol. The Hall–Kier alpha value is -0.120. The maximum atomic E-state index is 5.71. The second kappa shape index (κ2) is 6.72. The van der Waals surface area contributed by atoms with Crippen LogP contribution in [0.25, 0.3) is 0 Å². The highest BCUT2D eigenvalue weighted by atomic mass is 16.5.